The number of hydrogen-bond donors (Lipinski definition) is 0. The van der Waals surface area contributed by atoms with Crippen molar-refractivity contribution in [3.8, 4) is 5.75 Å². The van der Waals surface area contributed by atoms with Gasteiger partial charge in [0, 0.05) is 24.5 Å². The fourth-order valence-electron chi connectivity index (χ4n) is 1.66. The van der Waals surface area contributed by atoms with Gasteiger partial charge in [-0.15, -0.1) is 11.3 Å². The van der Waals surface area contributed by atoms with Gasteiger partial charge >= 0.3 is 0 Å². The van der Waals surface area contributed by atoms with Crippen molar-refractivity contribution in [1.82, 2.24) is 4.98 Å². The molecule has 0 saturated heterocycles. The molecule has 0 spiro atoms. The summed E-state index contributed by atoms with van der Waals surface area (Å²) in [5.74, 6) is 0.913. The highest BCUT2D eigenvalue weighted by molar-refractivity contribution is 7.09. The van der Waals surface area contributed by atoms with Crippen molar-refractivity contribution >= 4 is 11.3 Å². The Hall–Kier alpha value is -1.39. The number of nitrogens with zero attached hydrogens (tertiary/aromatic N) is 1. The predicted molar refractivity (Wildman–Crippen MR) is 68.6 cm³/mol. The van der Waals surface area contributed by atoms with Gasteiger partial charge in [-0.2, -0.15) is 0 Å². The lowest BCUT2D eigenvalue weighted by Gasteiger charge is -2.05. The van der Waals surface area contributed by atoms with Crippen LogP contribution in [0.4, 0.5) is 0 Å². The van der Waals surface area contributed by atoms with Gasteiger partial charge in [0.15, 0.2) is 0 Å². The molecule has 0 aliphatic rings. The fourth-order valence-corrected chi connectivity index (χ4v) is 2.46. The quantitative estimate of drug-likeness (QED) is 0.816. The number of ether oxygens (including phenoxy) is 2. The van der Waals surface area contributed by atoms with Crippen molar-refractivity contribution in [2.75, 3.05) is 14.2 Å². The topological polar surface area (TPSA) is 31.4 Å². The number of para-hydroxylation sites is 1. The Bertz CT molecular complexity index is 482. The lowest BCUT2D eigenvalue weighted by molar-refractivity contribution is 0.182. The summed E-state index contributed by atoms with van der Waals surface area (Å²) in [7, 11) is 3.37. The lowest BCUT2D eigenvalue weighted by atomic mass is 10.1. The molecule has 1 heterocycles. The molecule has 0 amide bonds. The van der Waals surface area contributed by atoms with Gasteiger partial charge in [0.1, 0.15) is 5.75 Å². The number of rotatable bonds is 5. The van der Waals surface area contributed by atoms with Crippen LogP contribution in [0.25, 0.3) is 0 Å². The zero-order valence-electron chi connectivity index (χ0n) is 9.97. The van der Waals surface area contributed by atoms with Gasteiger partial charge in [-0.3, -0.25) is 0 Å². The second-order valence-electron chi connectivity index (χ2n) is 3.65. The van der Waals surface area contributed by atoms with Gasteiger partial charge in [0.05, 0.1) is 24.4 Å². The van der Waals surface area contributed by atoms with Crippen molar-refractivity contribution in [3.63, 3.8) is 0 Å². The van der Waals surface area contributed by atoms with Crippen LogP contribution < -0.4 is 4.74 Å². The van der Waals surface area contributed by atoms with Crippen molar-refractivity contribution in [3.05, 3.63) is 45.9 Å². The van der Waals surface area contributed by atoms with Crippen LogP contribution in [0.5, 0.6) is 5.75 Å². The van der Waals surface area contributed by atoms with Crippen molar-refractivity contribution in [2.45, 2.75) is 13.0 Å². The summed E-state index contributed by atoms with van der Waals surface area (Å²) in [6.07, 6.45) is 0.804. The largest absolute Gasteiger partial charge is 0.496 e. The van der Waals surface area contributed by atoms with Crippen LogP contribution in [0.15, 0.2) is 29.6 Å². The number of methoxy groups -OCH3 is 2. The molecule has 0 N–H and O–H groups in total. The first-order valence-electron chi connectivity index (χ1n) is 5.37. The molecule has 2 aromatic rings. The second kappa shape index (κ2) is 5.80. The summed E-state index contributed by atoms with van der Waals surface area (Å²) in [5, 5.41) is 3.12. The van der Waals surface area contributed by atoms with Gasteiger partial charge in [0.25, 0.3) is 0 Å². The molecule has 90 valence electrons. The lowest BCUT2D eigenvalue weighted by Crippen LogP contribution is -1.94. The smallest absolute Gasteiger partial charge is 0.122 e. The summed E-state index contributed by atoms with van der Waals surface area (Å²) in [4.78, 5) is 4.51. The molecule has 3 nitrogen and oxygen atoms in total. The molecule has 0 saturated carbocycles. The van der Waals surface area contributed by atoms with Crippen molar-refractivity contribution in [1.29, 1.82) is 0 Å². The normalized spacial score (nSPS) is 10.5. The maximum atomic E-state index is 5.32. The molecule has 0 atom stereocenters. The van der Waals surface area contributed by atoms with Crippen molar-refractivity contribution in [2.24, 2.45) is 0 Å². The van der Waals surface area contributed by atoms with Gasteiger partial charge < -0.3 is 9.47 Å². The van der Waals surface area contributed by atoms with E-state index in [0.717, 1.165) is 28.4 Å². The first-order valence-corrected chi connectivity index (χ1v) is 6.25. The number of thiazole rings is 1. The second-order valence-corrected chi connectivity index (χ2v) is 4.60. The maximum absolute atomic E-state index is 5.32. The van der Waals surface area contributed by atoms with Gasteiger partial charge in [-0.05, 0) is 6.07 Å². The molecule has 0 aliphatic carbocycles. The van der Waals surface area contributed by atoms with E-state index < -0.39 is 0 Å². The summed E-state index contributed by atoms with van der Waals surface area (Å²) in [6, 6.07) is 8.03. The summed E-state index contributed by atoms with van der Waals surface area (Å²) in [5.41, 5.74) is 2.15. The van der Waals surface area contributed by atoms with Gasteiger partial charge in [0.2, 0.25) is 0 Å². The number of aromatic nitrogens is 1. The minimum atomic E-state index is 0.572. The minimum Gasteiger partial charge on any atom is -0.496 e. The molecule has 0 unspecified atom stereocenters. The molecule has 17 heavy (non-hydrogen) atoms. The molecule has 0 radical (unpaired) electrons. The molecule has 0 fully saturated rings. The van der Waals surface area contributed by atoms with E-state index in [1.54, 1.807) is 25.6 Å². The predicted octanol–water partition coefficient (Wildman–Crippen LogP) is 2.89. The first kappa shape index (κ1) is 12.1. The molecule has 0 bridgehead atoms. The number of hydrogen-bond acceptors (Lipinski definition) is 4. The summed E-state index contributed by atoms with van der Waals surface area (Å²) < 4.78 is 10.4. The Labute approximate surface area is 105 Å². The van der Waals surface area contributed by atoms with Crippen LogP contribution >= 0.6 is 11.3 Å². The molecule has 2 rings (SSSR count). The number of benzene rings is 1. The third-order valence-corrected chi connectivity index (χ3v) is 3.32. The van der Waals surface area contributed by atoms with Gasteiger partial charge in [-0.1, -0.05) is 18.2 Å². The summed E-state index contributed by atoms with van der Waals surface area (Å²) in [6.45, 7) is 0.572. The van der Waals surface area contributed by atoms with Crippen LogP contribution in [0.3, 0.4) is 0 Å². The molecule has 1 aromatic carbocycles. The minimum absolute atomic E-state index is 0.572. The average Bonchev–Trinajstić information content (AvgIpc) is 2.78. The van der Waals surface area contributed by atoms with E-state index in [1.165, 1.54) is 0 Å². The molecule has 4 heteroatoms. The van der Waals surface area contributed by atoms with Crippen LogP contribution in [-0.4, -0.2) is 19.2 Å². The Balaban J connectivity index is 2.13. The SMILES string of the molecule is COCc1csc(Cc2ccccc2OC)n1. The van der Waals surface area contributed by atoms with Crippen LogP contribution in [-0.2, 0) is 17.8 Å². The fraction of sp³-hybridized carbons (Fsp3) is 0.308. The van der Waals surface area contributed by atoms with E-state index >= 15 is 0 Å². The Morgan fingerprint density at radius 1 is 1.24 bits per heavy atom. The monoisotopic (exact) mass is 249 g/mol. The van der Waals surface area contributed by atoms with Crippen LogP contribution in [0.1, 0.15) is 16.3 Å². The maximum Gasteiger partial charge on any atom is 0.122 e. The third kappa shape index (κ3) is 3.05. The first-order chi connectivity index (χ1) is 8.33. The van der Waals surface area contributed by atoms with Gasteiger partial charge in [-0.25, -0.2) is 4.98 Å². The van der Waals surface area contributed by atoms with Crippen molar-refractivity contribution < 1.29 is 9.47 Å². The van der Waals surface area contributed by atoms with E-state index in [2.05, 4.69) is 11.1 Å². The Morgan fingerprint density at radius 3 is 2.82 bits per heavy atom. The highest BCUT2D eigenvalue weighted by Crippen LogP contribution is 2.22. The molecule has 1 aromatic heterocycles. The highest BCUT2D eigenvalue weighted by Gasteiger charge is 2.06. The van der Waals surface area contributed by atoms with E-state index in [1.807, 2.05) is 23.6 Å². The highest BCUT2D eigenvalue weighted by atomic mass is 32.1. The van der Waals surface area contributed by atoms with Crippen LogP contribution in [0.2, 0.25) is 0 Å². The van der Waals surface area contributed by atoms with E-state index in [9.17, 15) is 0 Å². The zero-order valence-corrected chi connectivity index (χ0v) is 10.8. The Kier molecular flexibility index (Phi) is 4.12. The molecule has 0 aliphatic heterocycles. The van der Waals surface area contributed by atoms with E-state index in [0.29, 0.717) is 6.61 Å². The third-order valence-electron chi connectivity index (χ3n) is 2.43. The molecular formula is C13H15NO2S. The Morgan fingerprint density at radius 2 is 2.06 bits per heavy atom. The van der Waals surface area contributed by atoms with Crippen LogP contribution in [0, 0.1) is 0 Å². The standard InChI is InChI=1S/C13H15NO2S/c1-15-8-11-9-17-13(14-11)7-10-5-3-4-6-12(10)16-2/h3-6,9H,7-8H2,1-2H3. The van der Waals surface area contributed by atoms with E-state index in [-0.39, 0.29) is 0 Å². The molecular weight excluding hydrogens is 234 g/mol. The average molecular weight is 249 g/mol. The summed E-state index contributed by atoms with van der Waals surface area (Å²) >= 11 is 1.66. The zero-order chi connectivity index (χ0) is 12.1. The van der Waals surface area contributed by atoms with E-state index in [4.69, 9.17) is 9.47 Å².